The van der Waals surface area contributed by atoms with Crippen molar-refractivity contribution >= 4 is 5.97 Å². The largest absolute Gasteiger partial charge is 0.459 e. The first kappa shape index (κ1) is 25.1. The molecule has 2 aromatic heterocycles. The van der Waals surface area contributed by atoms with Crippen LogP contribution in [-0.2, 0) is 37.4 Å². The molecule has 3 aliphatic rings. The molecule has 0 N–H and O–H groups in total. The van der Waals surface area contributed by atoms with Crippen LogP contribution in [0, 0.1) is 17.7 Å². The van der Waals surface area contributed by atoms with Gasteiger partial charge in [0.1, 0.15) is 12.4 Å². The van der Waals surface area contributed by atoms with Crippen molar-refractivity contribution in [1.82, 2.24) is 15.0 Å². The number of nitrogens with zero attached hydrogens (tertiary/aromatic N) is 3. The summed E-state index contributed by atoms with van der Waals surface area (Å²) in [7, 11) is 0. The summed E-state index contributed by atoms with van der Waals surface area (Å²) in [6.45, 7) is 7.22. The topological polar surface area (TPSA) is 83.4 Å². The van der Waals surface area contributed by atoms with E-state index in [1.54, 1.807) is 18.3 Å². The van der Waals surface area contributed by atoms with Gasteiger partial charge in [-0.05, 0) is 49.4 Å². The van der Waals surface area contributed by atoms with Crippen molar-refractivity contribution in [2.75, 3.05) is 13.2 Å². The second-order valence-electron chi connectivity index (χ2n) is 10.9. The fourth-order valence-corrected chi connectivity index (χ4v) is 6.82. The van der Waals surface area contributed by atoms with Gasteiger partial charge in [-0.1, -0.05) is 26.0 Å². The molecular weight excluding hydrogens is 485 g/mol. The standard InChI is InChI=1S/C30H32FN3O4/c1-18-24-9-8-23-26(22-6-4-5-7-25(22)31)33-28(20-10-13-32-21(16-20)17-36-19(2)35)34-27(23)29(24,3)11-12-30(18)37-14-15-38-30/h4-7,10,13,16,18,24H,8-9,11-12,14-15,17H2,1-3H3/t18-,24-,29-/m1/s1. The minimum absolute atomic E-state index is 0.0632. The normalized spacial score (nSPS) is 25.6. The van der Waals surface area contributed by atoms with Gasteiger partial charge in [-0.3, -0.25) is 9.78 Å². The van der Waals surface area contributed by atoms with Crippen molar-refractivity contribution in [3.63, 3.8) is 0 Å². The van der Waals surface area contributed by atoms with Crippen LogP contribution in [0.5, 0.6) is 0 Å². The fraction of sp³-hybridized carbons (Fsp3) is 0.467. The smallest absolute Gasteiger partial charge is 0.303 e. The first-order valence-corrected chi connectivity index (χ1v) is 13.3. The third-order valence-corrected chi connectivity index (χ3v) is 8.77. The molecule has 198 valence electrons. The SMILES string of the molecule is CC(=O)OCc1cc(-c2nc(-c3ccccc3F)c3c(n2)[C@]2(C)CCC4(OCCO4)[C@H](C)[C@H]2CC3)ccn1. The predicted molar refractivity (Wildman–Crippen MR) is 138 cm³/mol. The molecule has 0 radical (unpaired) electrons. The lowest BCUT2D eigenvalue weighted by Crippen LogP contribution is -2.55. The number of halogens is 1. The third-order valence-electron chi connectivity index (χ3n) is 8.77. The van der Waals surface area contributed by atoms with Gasteiger partial charge >= 0.3 is 5.97 Å². The zero-order chi connectivity index (χ0) is 26.5. The van der Waals surface area contributed by atoms with E-state index in [0.29, 0.717) is 41.9 Å². The van der Waals surface area contributed by atoms with Crippen LogP contribution in [0.15, 0.2) is 42.6 Å². The summed E-state index contributed by atoms with van der Waals surface area (Å²) in [5.41, 5.74) is 4.22. The first-order valence-electron chi connectivity index (χ1n) is 13.3. The molecule has 7 nitrogen and oxygen atoms in total. The van der Waals surface area contributed by atoms with Gasteiger partial charge in [-0.25, -0.2) is 14.4 Å². The number of pyridine rings is 1. The van der Waals surface area contributed by atoms with E-state index in [4.69, 9.17) is 24.2 Å². The van der Waals surface area contributed by atoms with E-state index in [1.807, 2.05) is 18.2 Å². The van der Waals surface area contributed by atoms with E-state index in [0.717, 1.165) is 42.5 Å². The summed E-state index contributed by atoms with van der Waals surface area (Å²) in [4.78, 5) is 25.8. The van der Waals surface area contributed by atoms with Gasteiger partial charge in [0, 0.05) is 47.6 Å². The number of esters is 1. The number of fused-ring (bicyclic) bond motifs is 3. The molecule has 6 rings (SSSR count). The second-order valence-corrected chi connectivity index (χ2v) is 10.9. The Bertz CT molecular complexity index is 1390. The zero-order valence-corrected chi connectivity index (χ0v) is 22.0. The van der Waals surface area contributed by atoms with Crippen LogP contribution in [0.25, 0.3) is 22.6 Å². The van der Waals surface area contributed by atoms with Crippen LogP contribution < -0.4 is 0 Å². The number of carbonyl (C=O) groups excluding carboxylic acids is 1. The van der Waals surface area contributed by atoms with Gasteiger partial charge in [0.2, 0.25) is 0 Å². The summed E-state index contributed by atoms with van der Waals surface area (Å²) < 4.78 is 32.7. The lowest BCUT2D eigenvalue weighted by Gasteiger charge is -2.54. The molecule has 1 saturated heterocycles. The Kier molecular flexibility index (Phi) is 6.27. The molecule has 8 heteroatoms. The first-order chi connectivity index (χ1) is 18.3. The molecule has 1 aromatic carbocycles. The van der Waals surface area contributed by atoms with E-state index < -0.39 is 5.79 Å². The van der Waals surface area contributed by atoms with Crippen molar-refractivity contribution in [2.45, 2.75) is 64.3 Å². The van der Waals surface area contributed by atoms with Crippen LogP contribution >= 0.6 is 0 Å². The highest BCUT2D eigenvalue weighted by Crippen LogP contribution is 2.57. The maximum atomic E-state index is 15.2. The lowest BCUT2D eigenvalue weighted by molar-refractivity contribution is -0.234. The lowest BCUT2D eigenvalue weighted by atomic mass is 9.54. The molecule has 0 unspecified atom stereocenters. The maximum Gasteiger partial charge on any atom is 0.303 e. The van der Waals surface area contributed by atoms with Gasteiger partial charge in [0.15, 0.2) is 11.6 Å². The Morgan fingerprint density at radius 2 is 1.95 bits per heavy atom. The third kappa shape index (κ3) is 4.10. The molecule has 0 bridgehead atoms. The molecule has 38 heavy (non-hydrogen) atoms. The number of aromatic nitrogens is 3. The quantitative estimate of drug-likeness (QED) is 0.429. The van der Waals surface area contributed by atoms with Crippen LogP contribution in [0.3, 0.4) is 0 Å². The van der Waals surface area contributed by atoms with Crippen molar-refractivity contribution in [2.24, 2.45) is 11.8 Å². The van der Waals surface area contributed by atoms with Crippen LogP contribution in [0.1, 0.15) is 57.0 Å². The average Bonchev–Trinajstić information content (AvgIpc) is 3.40. The van der Waals surface area contributed by atoms with Crippen LogP contribution in [0.2, 0.25) is 0 Å². The van der Waals surface area contributed by atoms with Crippen molar-refractivity contribution in [3.8, 4) is 22.6 Å². The van der Waals surface area contributed by atoms with E-state index >= 15 is 4.39 Å². The molecular formula is C30H32FN3O4. The molecule has 1 saturated carbocycles. The summed E-state index contributed by atoms with van der Waals surface area (Å²) in [6, 6.07) is 10.5. The fourth-order valence-electron chi connectivity index (χ4n) is 6.82. The average molecular weight is 518 g/mol. The van der Waals surface area contributed by atoms with Gasteiger partial charge in [0.05, 0.1) is 30.3 Å². The van der Waals surface area contributed by atoms with Crippen molar-refractivity contribution < 1.29 is 23.4 Å². The summed E-state index contributed by atoms with van der Waals surface area (Å²) >= 11 is 0. The molecule has 3 heterocycles. The Labute approximate surface area is 221 Å². The number of carbonyl (C=O) groups is 1. The molecule has 2 aliphatic carbocycles. The van der Waals surface area contributed by atoms with Crippen LogP contribution in [-0.4, -0.2) is 39.9 Å². The maximum absolute atomic E-state index is 15.2. The van der Waals surface area contributed by atoms with E-state index in [1.165, 1.54) is 13.0 Å². The Morgan fingerprint density at radius 1 is 1.16 bits per heavy atom. The summed E-state index contributed by atoms with van der Waals surface area (Å²) in [6.07, 6.45) is 5.00. The summed E-state index contributed by atoms with van der Waals surface area (Å²) in [5.74, 6) is -0.193. The Balaban J connectivity index is 1.49. The van der Waals surface area contributed by atoms with E-state index in [2.05, 4.69) is 18.8 Å². The minimum atomic E-state index is -0.525. The number of benzene rings is 1. The number of hydrogen-bond acceptors (Lipinski definition) is 7. The van der Waals surface area contributed by atoms with Gasteiger partial charge in [-0.15, -0.1) is 0 Å². The number of hydrogen-bond donors (Lipinski definition) is 0. The molecule has 3 atom stereocenters. The van der Waals surface area contributed by atoms with Gasteiger partial charge in [0.25, 0.3) is 0 Å². The zero-order valence-electron chi connectivity index (χ0n) is 22.0. The predicted octanol–water partition coefficient (Wildman–Crippen LogP) is 5.40. The minimum Gasteiger partial charge on any atom is -0.459 e. The monoisotopic (exact) mass is 517 g/mol. The number of rotatable bonds is 4. The molecule has 0 amide bonds. The molecule has 2 fully saturated rings. The molecule has 1 spiro atoms. The second kappa shape index (κ2) is 9.50. The highest BCUT2D eigenvalue weighted by Gasteiger charge is 2.57. The molecule has 1 aliphatic heterocycles. The Morgan fingerprint density at radius 3 is 2.71 bits per heavy atom. The highest BCUT2D eigenvalue weighted by atomic mass is 19.1. The highest BCUT2D eigenvalue weighted by molar-refractivity contribution is 5.70. The Hall–Kier alpha value is -3.23. The molecule has 3 aromatic rings. The van der Waals surface area contributed by atoms with E-state index in [-0.39, 0.29) is 29.7 Å². The van der Waals surface area contributed by atoms with Crippen LogP contribution in [0.4, 0.5) is 4.39 Å². The van der Waals surface area contributed by atoms with Crippen molar-refractivity contribution in [3.05, 3.63) is 65.4 Å². The van der Waals surface area contributed by atoms with Gasteiger partial charge in [-0.2, -0.15) is 0 Å². The summed E-state index contributed by atoms with van der Waals surface area (Å²) in [5, 5.41) is 0. The number of ether oxygens (including phenoxy) is 3. The van der Waals surface area contributed by atoms with E-state index in [9.17, 15) is 4.79 Å². The van der Waals surface area contributed by atoms with Crippen molar-refractivity contribution in [1.29, 1.82) is 0 Å². The van der Waals surface area contributed by atoms with Gasteiger partial charge < -0.3 is 14.2 Å².